The van der Waals surface area contributed by atoms with Crippen molar-refractivity contribution in [2.45, 2.75) is 51.2 Å². The molecule has 1 amide bonds. The van der Waals surface area contributed by atoms with Crippen molar-refractivity contribution in [3.05, 3.63) is 76.7 Å². The van der Waals surface area contributed by atoms with E-state index in [9.17, 15) is 18.0 Å². The first-order valence-corrected chi connectivity index (χ1v) is 13.8. The quantitative estimate of drug-likeness (QED) is 0.198. The van der Waals surface area contributed by atoms with Crippen LogP contribution in [0.25, 0.3) is 11.1 Å². The molecule has 0 bridgehead atoms. The van der Waals surface area contributed by atoms with Gasteiger partial charge in [-0.3, -0.25) is 10.0 Å². The van der Waals surface area contributed by atoms with Gasteiger partial charge in [0.15, 0.2) is 0 Å². The van der Waals surface area contributed by atoms with Crippen LogP contribution >= 0.6 is 0 Å². The molecule has 5 rings (SSSR count). The molecule has 4 N–H and O–H groups in total. The molecule has 0 spiro atoms. The summed E-state index contributed by atoms with van der Waals surface area (Å²) < 4.78 is 37.0. The lowest BCUT2D eigenvalue weighted by atomic mass is 9.98. The highest BCUT2D eigenvalue weighted by Gasteiger charge is 2.39. The number of nitrogens with one attached hydrogen (secondary N) is 2. The lowest BCUT2D eigenvalue weighted by Crippen LogP contribution is -2.51. The molecule has 42 heavy (non-hydrogen) atoms. The van der Waals surface area contributed by atoms with Crippen LogP contribution in [0.15, 0.2) is 53.1 Å². The fourth-order valence-electron chi connectivity index (χ4n) is 5.33. The number of amides is 1. The summed E-state index contributed by atoms with van der Waals surface area (Å²) in [6.45, 7) is 8.43. The van der Waals surface area contributed by atoms with Gasteiger partial charge in [0.1, 0.15) is 5.76 Å². The maximum absolute atomic E-state index is 11.6. The molecular weight excluding hydrogens is 553 g/mol. The van der Waals surface area contributed by atoms with Crippen molar-refractivity contribution < 1.29 is 37.6 Å². The van der Waals surface area contributed by atoms with Crippen LogP contribution in [0.3, 0.4) is 0 Å². The fraction of sp³-hybridized carbons (Fsp3) is 0.433. The summed E-state index contributed by atoms with van der Waals surface area (Å²) in [5.41, 5.74) is 7.96. The molecule has 1 saturated carbocycles. The van der Waals surface area contributed by atoms with Crippen LogP contribution in [-0.4, -0.2) is 70.6 Å². The number of hydrogen-bond donors (Lipinski definition) is 4. The van der Waals surface area contributed by atoms with E-state index in [0.717, 1.165) is 67.5 Å². The monoisotopic (exact) mass is 588 g/mol. The number of carboxylic acids is 1. The van der Waals surface area contributed by atoms with Crippen LogP contribution in [-0.2, 0) is 11.2 Å². The molecule has 2 atom stereocenters. The average Bonchev–Trinajstić information content (AvgIpc) is 3.64. The van der Waals surface area contributed by atoms with E-state index in [-0.39, 0.29) is 0 Å². The van der Waals surface area contributed by atoms with Crippen molar-refractivity contribution in [1.82, 2.24) is 20.9 Å². The normalized spacial score (nSPS) is 18.5. The number of aryl methyl sites for hydroxylation is 3. The molecule has 2 aliphatic rings. The van der Waals surface area contributed by atoms with Crippen LogP contribution < -0.4 is 10.8 Å². The zero-order valence-corrected chi connectivity index (χ0v) is 23.4. The van der Waals surface area contributed by atoms with E-state index in [0.29, 0.717) is 17.5 Å². The summed E-state index contributed by atoms with van der Waals surface area (Å²) >= 11 is 0. The van der Waals surface area contributed by atoms with Gasteiger partial charge in [0, 0.05) is 42.7 Å². The molecule has 0 radical (unpaired) electrons. The zero-order valence-electron chi connectivity index (χ0n) is 23.4. The predicted molar refractivity (Wildman–Crippen MR) is 148 cm³/mol. The first-order chi connectivity index (χ1) is 20.0. The second-order valence-corrected chi connectivity index (χ2v) is 10.9. The van der Waals surface area contributed by atoms with Crippen molar-refractivity contribution in [1.29, 1.82) is 0 Å². The van der Waals surface area contributed by atoms with E-state index in [4.69, 9.17) is 19.6 Å². The van der Waals surface area contributed by atoms with E-state index in [1.54, 1.807) is 11.5 Å². The number of halogens is 3. The average molecular weight is 589 g/mol. The zero-order chi connectivity index (χ0) is 30.4. The second-order valence-electron chi connectivity index (χ2n) is 10.9. The Balaban J connectivity index is 0.000000517. The molecule has 1 saturated heterocycles. The van der Waals surface area contributed by atoms with Gasteiger partial charge in [0.25, 0.3) is 5.91 Å². The van der Waals surface area contributed by atoms with Gasteiger partial charge in [-0.15, -0.1) is 0 Å². The third-order valence-corrected chi connectivity index (χ3v) is 7.63. The number of carbonyl (C=O) groups excluding carboxylic acids is 1. The third-order valence-electron chi connectivity index (χ3n) is 7.63. The largest absolute Gasteiger partial charge is 0.490 e. The van der Waals surface area contributed by atoms with Crippen molar-refractivity contribution in [2.24, 2.45) is 5.92 Å². The number of carbonyl (C=O) groups is 2. The topological polar surface area (TPSA) is 128 Å². The van der Waals surface area contributed by atoms with Crippen molar-refractivity contribution in [3.63, 3.8) is 0 Å². The van der Waals surface area contributed by atoms with Gasteiger partial charge in [0.2, 0.25) is 0 Å². The molecule has 1 aliphatic carbocycles. The Morgan fingerprint density at radius 2 is 1.81 bits per heavy atom. The predicted octanol–water partition coefficient (Wildman–Crippen LogP) is 4.72. The van der Waals surface area contributed by atoms with Gasteiger partial charge >= 0.3 is 12.1 Å². The van der Waals surface area contributed by atoms with E-state index in [2.05, 4.69) is 39.6 Å². The van der Waals surface area contributed by atoms with Crippen LogP contribution in [0.2, 0.25) is 0 Å². The highest BCUT2D eigenvalue weighted by Crippen LogP contribution is 2.41. The minimum absolute atomic E-state index is 0.461. The summed E-state index contributed by atoms with van der Waals surface area (Å²) in [5, 5.41) is 23.8. The Bertz CT molecular complexity index is 1350. The maximum Gasteiger partial charge on any atom is 0.490 e. The maximum atomic E-state index is 11.6. The minimum atomic E-state index is -5.08. The first-order valence-electron chi connectivity index (χ1n) is 13.8. The summed E-state index contributed by atoms with van der Waals surface area (Å²) in [7, 11) is 0. The number of aliphatic carboxylic acids is 1. The van der Waals surface area contributed by atoms with Crippen LogP contribution in [0, 0.1) is 19.8 Å². The van der Waals surface area contributed by atoms with Crippen LogP contribution in [0.1, 0.15) is 51.7 Å². The molecule has 226 valence electrons. The Morgan fingerprint density at radius 1 is 1.12 bits per heavy atom. The Labute approximate surface area is 241 Å². The number of carboxylic acid groups (broad SMARTS) is 1. The van der Waals surface area contributed by atoms with Crippen molar-refractivity contribution in [3.8, 4) is 11.1 Å². The van der Waals surface area contributed by atoms with E-state index in [1.165, 1.54) is 17.5 Å². The first kappa shape index (κ1) is 31.2. The molecule has 12 heteroatoms. The van der Waals surface area contributed by atoms with Gasteiger partial charge in [-0.2, -0.15) is 13.2 Å². The highest BCUT2D eigenvalue weighted by atomic mass is 19.4. The van der Waals surface area contributed by atoms with E-state index in [1.807, 2.05) is 32.0 Å². The summed E-state index contributed by atoms with van der Waals surface area (Å²) in [6.07, 6.45) is -1.86. The van der Waals surface area contributed by atoms with E-state index >= 15 is 0 Å². The Hall–Kier alpha value is -3.74. The van der Waals surface area contributed by atoms with Gasteiger partial charge in [-0.25, -0.2) is 10.3 Å². The molecule has 1 aliphatic heterocycles. The number of hydroxylamine groups is 1. The Kier molecular flexibility index (Phi) is 10.0. The number of rotatable bonds is 10. The van der Waals surface area contributed by atoms with Crippen LogP contribution in [0.5, 0.6) is 0 Å². The molecule has 1 aromatic heterocycles. The molecule has 3 aromatic rings. The fourth-order valence-corrected chi connectivity index (χ4v) is 5.33. The number of nitrogens with zero attached hydrogens (tertiary/aromatic N) is 2. The number of benzene rings is 2. The lowest BCUT2D eigenvalue weighted by molar-refractivity contribution is -0.192. The highest BCUT2D eigenvalue weighted by molar-refractivity contribution is 5.93. The molecule has 2 fully saturated rings. The van der Waals surface area contributed by atoms with Gasteiger partial charge in [-0.1, -0.05) is 41.6 Å². The summed E-state index contributed by atoms with van der Waals surface area (Å²) in [6, 6.07) is 17.0. The minimum Gasteiger partial charge on any atom is -0.475 e. The van der Waals surface area contributed by atoms with Crippen molar-refractivity contribution in [2.75, 3.05) is 26.2 Å². The number of likely N-dealkylation sites (tertiary alicyclic amines) is 1. The van der Waals surface area contributed by atoms with Gasteiger partial charge in [0.05, 0.1) is 5.69 Å². The summed E-state index contributed by atoms with van der Waals surface area (Å²) in [4.78, 5) is 23.0. The Morgan fingerprint density at radius 3 is 2.40 bits per heavy atom. The van der Waals surface area contributed by atoms with Gasteiger partial charge < -0.3 is 19.8 Å². The third kappa shape index (κ3) is 8.17. The van der Waals surface area contributed by atoms with Crippen LogP contribution in [0.4, 0.5) is 13.2 Å². The number of aromatic nitrogens is 1. The smallest absolute Gasteiger partial charge is 0.475 e. The SMILES string of the molecule is Cc1noc(C)c1-c1ccc(C2CC2NCC2CN(CCCc3cccc(C(=O)NO)c3)C2)cc1.O=C(O)C(F)(F)F. The second kappa shape index (κ2) is 13.5. The van der Waals surface area contributed by atoms with E-state index < -0.39 is 18.1 Å². The molecule has 2 heterocycles. The molecule has 9 nitrogen and oxygen atoms in total. The number of alkyl halides is 3. The molecule has 2 aromatic carbocycles. The lowest BCUT2D eigenvalue weighted by Gasteiger charge is -2.39. The number of hydrogen-bond acceptors (Lipinski definition) is 7. The summed E-state index contributed by atoms with van der Waals surface area (Å²) in [5.74, 6) is -0.996. The van der Waals surface area contributed by atoms with Gasteiger partial charge in [-0.05, 0) is 74.4 Å². The molecule has 2 unspecified atom stereocenters. The molecular formula is C30H35F3N4O5. The standard InChI is InChI=1S/C28H34N4O3.C2HF3O2/c1-18-27(19(2)35-31-18)23-10-8-22(9-11-23)25-14-26(25)29-15-21-16-32(17-21)12-4-6-20-5-3-7-24(13-20)28(33)30-34;3-2(4,5)1(6)7/h3,5,7-11,13,21,25-26,29,34H,4,6,12,14-17H2,1-2H3,(H,30,33);(H,6,7). The van der Waals surface area contributed by atoms with Crippen molar-refractivity contribution >= 4 is 11.9 Å².